The van der Waals surface area contributed by atoms with Gasteiger partial charge in [-0.2, -0.15) is 0 Å². The van der Waals surface area contributed by atoms with Crippen molar-refractivity contribution in [1.29, 1.82) is 0 Å². The summed E-state index contributed by atoms with van der Waals surface area (Å²) in [6, 6.07) is 5.72. The van der Waals surface area contributed by atoms with Crippen molar-refractivity contribution >= 4 is 28.6 Å². The van der Waals surface area contributed by atoms with Gasteiger partial charge in [0.1, 0.15) is 0 Å². The fraction of sp³-hybridized carbons (Fsp3) is 0.100. The molecule has 0 aliphatic heterocycles. The van der Waals surface area contributed by atoms with Gasteiger partial charge in [-0.25, -0.2) is 9.79 Å². The minimum atomic E-state index is 0.357. The molecule has 1 aromatic carbocycles. The number of halogens is 1. The first-order valence-corrected chi connectivity index (χ1v) is 4.48. The highest BCUT2D eigenvalue weighted by Crippen LogP contribution is 2.23. The van der Waals surface area contributed by atoms with Crippen LogP contribution < -0.4 is 0 Å². The lowest BCUT2D eigenvalue weighted by Gasteiger charge is -1.95. The first-order chi connectivity index (χ1) is 6.81. The van der Waals surface area contributed by atoms with Crippen LogP contribution in [-0.4, -0.2) is 11.1 Å². The monoisotopic (exact) mass is 206 g/mol. The van der Waals surface area contributed by atoms with Gasteiger partial charge in [-0.15, -0.1) is 0 Å². The number of rotatable bonds is 2. The number of hydrogen-bond acceptors (Lipinski definition) is 2. The van der Waals surface area contributed by atoms with E-state index in [-0.39, 0.29) is 0 Å². The number of H-pyrrole nitrogens is 1. The lowest BCUT2D eigenvalue weighted by molar-refractivity contribution is 0.563. The molecule has 1 heterocycles. The van der Waals surface area contributed by atoms with Gasteiger partial charge in [-0.05, 0) is 11.6 Å². The molecule has 2 aromatic rings. The summed E-state index contributed by atoms with van der Waals surface area (Å²) in [6.45, 7) is 0.357. The molecule has 0 saturated carbocycles. The van der Waals surface area contributed by atoms with Crippen LogP contribution in [0, 0.1) is 0 Å². The van der Waals surface area contributed by atoms with E-state index in [2.05, 4.69) is 9.98 Å². The number of aliphatic imine (C=N–C) groups is 1. The largest absolute Gasteiger partial charge is 0.360 e. The van der Waals surface area contributed by atoms with E-state index in [1.807, 2.05) is 18.2 Å². The van der Waals surface area contributed by atoms with Gasteiger partial charge in [0.2, 0.25) is 6.08 Å². The molecule has 0 saturated heterocycles. The highest BCUT2D eigenvalue weighted by atomic mass is 35.5. The first-order valence-electron chi connectivity index (χ1n) is 4.10. The summed E-state index contributed by atoms with van der Waals surface area (Å²) >= 11 is 5.91. The fourth-order valence-electron chi connectivity index (χ4n) is 1.36. The number of fused-ring (bicyclic) bond motifs is 1. The van der Waals surface area contributed by atoms with E-state index in [0.29, 0.717) is 11.6 Å². The maximum atomic E-state index is 9.93. The summed E-state index contributed by atoms with van der Waals surface area (Å²) in [5.41, 5.74) is 1.91. The topological polar surface area (TPSA) is 45.2 Å². The Balaban J connectivity index is 2.46. The molecule has 0 unspecified atom stereocenters. The zero-order chi connectivity index (χ0) is 9.97. The third-order valence-electron chi connectivity index (χ3n) is 2.02. The molecule has 0 atom stereocenters. The van der Waals surface area contributed by atoms with E-state index in [0.717, 1.165) is 16.5 Å². The Labute approximate surface area is 85.4 Å². The van der Waals surface area contributed by atoms with Crippen LogP contribution in [0.1, 0.15) is 5.56 Å². The molecular weight excluding hydrogens is 200 g/mol. The van der Waals surface area contributed by atoms with Gasteiger partial charge in [0.05, 0.1) is 11.6 Å². The van der Waals surface area contributed by atoms with Gasteiger partial charge in [-0.1, -0.05) is 23.7 Å². The number of benzene rings is 1. The van der Waals surface area contributed by atoms with Crippen molar-refractivity contribution in [2.45, 2.75) is 6.54 Å². The van der Waals surface area contributed by atoms with Crippen molar-refractivity contribution in [3.05, 3.63) is 35.0 Å². The number of nitrogens with one attached hydrogen (secondary N) is 1. The quantitative estimate of drug-likeness (QED) is 0.596. The van der Waals surface area contributed by atoms with Crippen molar-refractivity contribution in [2.75, 3.05) is 0 Å². The van der Waals surface area contributed by atoms with Crippen molar-refractivity contribution in [3.63, 3.8) is 0 Å². The highest BCUT2D eigenvalue weighted by Gasteiger charge is 2.01. The lowest BCUT2D eigenvalue weighted by Crippen LogP contribution is -1.80. The zero-order valence-electron chi connectivity index (χ0n) is 7.25. The molecule has 0 bridgehead atoms. The smallest absolute Gasteiger partial charge is 0.235 e. The van der Waals surface area contributed by atoms with E-state index in [1.54, 1.807) is 6.20 Å². The van der Waals surface area contributed by atoms with Crippen molar-refractivity contribution in [1.82, 2.24) is 4.98 Å². The Morgan fingerprint density at radius 3 is 3.14 bits per heavy atom. The predicted molar refractivity (Wildman–Crippen MR) is 55.1 cm³/mol. The molecule has 14 heavy (non-hydrogen) atoms. The molecule has 0 aliphatic carbocycles. The third kappa shape index (κ3) is 1.55. The van der Waals surface area contributed by atoms with Crippen LogP contribution in [0.15, 0.2) is 29.4 Å². The van der Waals surface area contributed by atoms with Crippen molar-refractivity contribution in [2.24, 2.45) is 4.99 Å². The van der Waals surface area contributed by atoms with Gasteiger partial charge in [0.25, 0.3) is 0 Å². The minimum absolute atomic E-state index is 0.357. The molecule has 3 nitrogen and oxygen atoms in total. The fourth-order valence-corrected chi connectivity index (χ4v) is 1.58. The molecule has 0 spiro atoms. The zero-order valence-corrected chi connectivity index (χ0v) is 8.01. The third-order valence-corrected chi connectivity index (χ3v) is 2.33. The second kappa shape index (κ2) is 3.66. The van der Waals surface area contributed by atoms with Gasteiger partial charge in [-0.3, -0.25) is 0 Å². The van der Waals surface area contributed by atoms with Crippen molar-refractivity contribution < 1.29 is 4.79 Å². The summed E-state index contributed by atoms with van der Waals surface area (Å²) in [5, 5.41) is 1.68. The second-order valence-corrected chi connectivity index (χ2v) is 3.33. The normalized spacial score (nSPS) is 10.1. The Morgan fingerprint density at radius 2 is 2.36 bits per heavy atom. The number of aromatic amines is 1. The average molecular weight is 207 g/mol. The Morgan fingerprint density at radius 1 is 1.50 bits per heavy atom. The van der Waals surface area contributed by atoms with Gasteiger partial charge >= 0.3 is 0 Å². The molecule has 1 aromatic heterocycles. The average Bonchev–Trinajstić information content (AvgIpc) is 2.57. The number of carbonyl (C=O) groups excluding carboxylic acids is 1. The summed E-state index contributed by atoms with van der Waals surface area (Å²) in [7, 11) is 0. The van der Waals surface area contributed by atoms with Gasteiger partial charge in [0, 0.05) is 17.1 Å². The Kier molecular flexibility index (Phi) is 2.35. The van der Waals surface area contributed by atoms with Gasteiger partial charge in [0.15, 0.2) is 0 Å². The van der Waals surface area contributed by atoms with Gasteiger partial charge < -0.3 is 4.98 Å². The van der Waals surface area contributed by atoms with Crippen LogP contribution in [0.3, 0.4) is 0 Å². The summed E-state index contributed by atoms with van der Waals surface area (Å²) in [6.07, 6.45) is 3.24. The Hall–Kier alpha value is -1.57. The maximum absolute atomic E-state index is 9.93. The van der Waals surface area contributed by atoms with Crippen LogP contribution in [0.2, 0.25) is 5.02 Å². The van der Waals surface area contributed by atoms with Crippen LogP contribution in [0.5, 0.6) is 0 Å². The Bertz CT molecular complexity index is 512. The standard InChI is InChI=1S/C10H7ClN2O/c11-9-5-13-10-3-7(4-12-6-14)1-2-8(9)10/h1-3,5,13H,4H2. The molecule has 0 radical (unpaired) electrons. The first kappa shape index (κ1) is 9.00. The van der Waals surface area contributed by atoms with Crippen LogP contribution in [0.4, 0.5) is 0 Å². The summed E-state index contributed by atoms with van der Waals surface area (Å²) in [5.74, 6) is 0. The second-order valence-electron chi connectivity index (χ2n) is 2.92. The highest BCUT2D eigenvalue weighted by molar-refractivity contribution is 6.35. The van der Waals surface area contributed by atoms with E-state index in [1.165, 1.54) is 6.08 Å². The SMILES string of the molecule is O=C=NCc1ccc2c(Cl)c[nH]c2c1. The van der Waals surface area contributed by atoms with E-state index in [4.69, 9.17) is 11.6 Å². The lowest BCUT2D eigenvalue weighted by atomic mass is 10.2. The van der Waals surface area contributed by atoms with Crippen molar-refractivity contribution in [3.8, 4) is 0 Å². The molecule has 2 rings (SSSR count). The molecule has 0 aliphatic rings. The maximum Gasteiger partial charge on any atom is 0.235 e. The molecule has 1 N–H and O–H groups in total. The number of isocyanates is 1. The minimum Gasteiger partial charge on any atom is -0.360 e. The number of hydrogen-bond donors (Lipinski definition) is 1. The van der Waals surface area contributed by atoms with Crippen LogP contribution >= 0.6 is 11.6 Å². The molecule has 70 valence electrons. The summed E-state index contributed by atoms with van der Waals surface area (Å²) < 4.78 is 0. The molecule has 0 fully saturated rings. The van der Waals surface area contributed by atoms with E-state index in [9.17, 15) is 4.79 Å². The predicted octanol–water partition coefficient (Wildman–Crippen LogP) is 2.66. The molecular formula is C10H7ClN2O. The summed E-state index contributed by atoms with van der Waals surface area (Å²) in [4.78, 5) is 16.5. The van der Waals surface area contributed by atoms with E-state index < -0.39 is 0 Å². The van der Waals surface area contributed by atoms with Crippen LogP contribution in [0.25, 0.3) is 10.9 Å². The van der Waals surface area contributed by atoms with E-state index >= 15 is 0 Å². The van der Waals surface area contributed by atoms with Crippen LogP contribution in [-0.2, 0) is 11.3 Å². The molecule has 0 amide bonds. The molecule has 4 heteroatoms. The number of nitrogens with zero attached hydrogens (tertiary/aromatic N) is 1. The number of aromatic nitrogens is 1.